The first-order valence-electron chi connectivity index (χ1n) is 10.9. The second-order valence-electron chi connectivity index (χ2n) is 8.09. The van der Waals surface area contributed by atoms with Gasteiger partial charge in [-0.2, -0.15) is 15.1 Å². The molecule has 0 radical (unpaired) electrons. The molecule has 0 spiro atoms. The lowest BCUT2D eigenvalue weighted by Crippen LogP contribution is -2.35. The quantitative estimate of drug-likeness (QED) is 0.513. The fraction of sp³-hybridized carbons (Fsp3) is 0.154. The van der Waals surface area contributed by atoms with Gasteiger partial charge < -0.3 is 4.57 Å². The van der Waals surface area contributed by atoms with Crippen molar-refractivity contribution in [1.82, 2.24) is 9.58 Å². The highest BCUT2D eigenvalue weighted by Gasteiger charge is 2.36. The van der Waals surface area contributed by atoms with E-state index in [0.717, 1.165) is 40.8 Å². The van der Waals surface area contributed by atoms with Gasteiger partial charge in [-0.3, -0.25) is 10.2 Å². The van der Waals surface area contributed by atoms with Crippen molar-refractivity contribution in [3.05, 3.63) is 94.1 Å². The molecule has 0 atom stereocenters. The highest BCUT2D eigenvalue weighted by molar-refractivity contribution is 8.27. The number of hydrogen-bond acceptors (Lipinski definition) is 4. The van der Waals surface area contributed by atoms with Crippen LogP contribution >= 0.6 is 11.8 Å². The molecule has 3 aromatic rings. The molecule has 2 aliphatic rings. The summed E-state index contributed by atoms with van der Waals surface area (Å²) < 4.78 is 16.4. The first-order chi connectivity index (χ1) is 16.4. The smallest absolute Gasteiger partial charge is 0.283 e. The highest BCUT2D eigenvalue weighted by Crippen LogP contribution is 2.32. The highest BCUT2D eigenvalue weighted by atomic mass is 32.2. The zero-order chi connectivity index (χ0) is 24.0. The lowest BCUT2D eigenvalue weighted by atomic mass is 10.1. The summed E-state index contributed by atoms with van der Waals surface area (Å²) in [5.41, 5.74) is 5.56. The van der Waals surface area contributed by atoms with Crippen molar-refractivity contribution in [3.8, 4) is 5.69 Å². The Morgan fingerprint density at radius 2 is 1.85 bits per heavy atom. The van der Waals surface area contributed by atoms with Gasteiger partial charge in [0.1, 0.15) is 10.9 Å². The number of amidine groups is 2. The third-order valence-corrected chi connectivity index (χ3v) is 6.87. The van der Waals surface area contributed by atoms with Gasteiger partial charge in [-0.1, -0.05) is 31.2 Å². The molecule has 0 fully saturated rings. The average molecular weight is 472 g/mol. The van der Waals surface area contributed by atoms with Crippen LogP contribution in [0.5, 0.6) is 0 Å². The first kappa shape index (κ1) is 22.0. The molecule has 5 rings (SSSR count). The average Bonchev–Trinajstić information content (AvgIpc) is 3.37. The summed E-state index contributed by atoms with van der Waals surface area (Å²) >= 11 is 1.08. The number of nitrogens with zero attached hydrogens (tertiary/aromatic N) is 4. The number of nitrogens with one attached hydrogen (secondary N) is 1. The van der Waals surface area contributed by atoms with Gasteiger partial charge in [0.15, 0.2) is 5.84 Å². The topological polar surface area (TPSA) is 73.8 Å². The number of halogens is 1. The number of rotatable bonds is 4. The predicted octanol–water partition coefficient (Wildman–Crippen LogP) is 5.46. The molecule has 1 N–H and O–H groups in total. The SMILES string of the molecule is CCc1ccc(-n2c(C)cc(/C=C3/C(=N)N4N=C(c5ccccc5F)SC4=NC3=O)c2C)cc1. The van der Waals surface area contributed by atoms with E-state index in [0.29, 0.717) is 10.6 Å². The van der Waals surface area contributed by atoms with Crippen LogP contribution < -0.4 is 0 Å². The summed E-state index contributed by atoms with van der Waals surface area (Å²) in [6.45, 7) is 6.12. The van der Waals surface area contributed by atoms with Gasteiger partial charge in [0, 0.05) is 22.6 Å². The first-order valence-corrected chi connectivity index (χ1v) is 11.7. The van der Waals surface area contributed by atoms with E-state index >= 15 is 0 Å². The second-order valence-corrected chi connectivity index (χ2v) is 9.04. The minimum atomic E-state index is -0.508. The number of amides is 1. The number of aliphatic imine (C=N–C) groups is 1. The van der Waals surface area contributed by atoms with Crippen LogP contribution in [0.15, 0.2) is 70.3 Å². The third kappa shape index (κ3) is 3.70. The standard InChI is InChI=1S/C26H22FN5OS/c1-4-17-9-11-19(12-10-17)31-15(2)13-18(16(31)3)14-21-23(28)32-26(29-24(21)33)34-25(30-32)20-7-5-6-8-22(20)27/h5-14,28H,4H2,1-3H3/b21-14-,28-23?. The molecular weight excluding hydrogens is 449 g/mol. The fourth-order valence-corrected chi connectivity index (χ4v) is 5.02. The molecular formula is C26H22FN5OS. The van der Waals surface area contributed by atoms with Crippen molar-refractivity contribution in [2.24, 2.45) is 10.1 Å². The van der Waals surface area contributed by atoms with E-state index in [9.17, 15) is 9.18 Å². The summed E-state index contributed by atoms with van der Waals surface area (Å²) in [7, 11) is 0. The van der Waals surface area contributed by atoms with Gasteiger partial charge in [0.2, 0.25) is 5.17 Å². The Morgan fingerprint density at radius 1 is 1.12 bits per heavy atom. The molecule has 0 bridgehead atoms. The van der Waals surface area contributed by atoms with Gasteiger partial charge >= 0.3 is 0 Å². The zero-order valence-corrected chi connectivity index (χ0v) is 19.8. The molecule has 2 aromatic carbocycles. The molecule has 0 saturated carbocycles. The van der Waals surface area contributed by atoms with Crippen LogP contribution in [0.3, 0.4) is 0 Å². The molecule has 170 valence electrons. The van der Waals surface area contributed by atoms with Gasteiger partial charge in [-0.05, 0) is 79.6 Å². The van der Waals surface area contributed by atoms with E-state index in [1.807, 2.05) is 19.9 Å². The lowest BCUT2D eigenvalue weighted by molar-refractivity contribution is -0.114. The summed E-state index contributed by atoms with van der Waals surface area (Å²) in [6.07, 6.45) is 2.66. The minimum Gasteiger partial charge on any atom is -0.318 e. The second kappa shape index (κ2) is 8.53. The maximum atomic E-state index is 14.2. The van der Waals surface area contributed by atoms with Crippen LogP contribution in [0.1, 0.15) is 35.0 Å². The molecule has 6 nitrogen and oxygen atoms in total. The Hall–Kier alpha value is -3.78. The zero-order valence-electron chi connectivity index (χ0n) is 19.0. The number of carbonyl (C=O) groups excluding carboxylic acids is 1. The van der Waals surface area contributed by atoms with E-state index in [1.165, 1.54) is 16.6 Å². The fourth-order valence-electron chi connectivity index (χ4n) is 4.10. The molecule has 0 saturated heterocycles. The maximum absolute atomic E-state index is 14.2. The largest absolute Gasteiger partial charge is 0.318 e. The van der Waals surface area contributed by atoms with Crippen LogP contribution in [0.25, 0.3) is 11.8 Å². The van der Waals surface area contributed by atoms with Gasteiger partial charge in [-0.15, -0.1) is 0 Å². The Kier molecular flexibility index (Phi) is 5.53. The Labute approximate surface area is 201 Å². The molecule has 8 heteroatoms. The van der Waals surface area contributed by atoms with E-state index in [2.05, 4.69) is 45.9 Å². The van der Waals surface area contributed by atoms with Crippen LogP contribution in [0.2, 0.25) is 0 Å². The molecule has 1 amide bonds. The molecule has 0 aliphatic carbocycles. The molecule has 2 aliphatic heterocycles. The summed E-state index contributed by atoms with van der Waals surface area (Å²) in [4.78, 5) is 17.0. The minimum absolute atomic E-state index is 0.0778. The van der Waals surface area contributed by atoms with E-state index < -0.39 is 11.7 Å². The molecule has 0 unspecified atom stereocenters. The van der Waals surface area contributed by atoms with Gasteiger partial charge in [0.25, 0.3) is 5.91 Å². The summed E-state index contributed by atoms with van der Waals surface area (Å²) in [6, 6.07) is 16.7. The number of hydrogen-bond donors (Lipinski definition) is 1. The van der Waals surface area contributed by atoms with Crippen molar-refractivity contribution in [2.45, 2.75) is 27.2 Å². The third-order valence-electron chi connectivity index (χ3n) is 5.93. The molecule has 3 heterocycles. The van der Waals surface area contributed by atoms with Crippen molar-refractivity contribution < 1.29 is 9.18 Å². The number of aromatic nitrogens is 1. The number of fused-ring (bicyclic) bond motifs is 1. The maximum Gasteiger partial charge on any atom is 0.283 e. The van der Waals surface area contributed by atoms with Crippen LogP contribution in [0, 0.1) is 25.1 Å². The number of benzene rings is 2. The normalized spacial score (nSPS) is 16.7. The Bertz CT molecular complexity index is 1430. The van der Waals surface area contributed by atoms with Crippen LogP contribution in [0.4, 0.5) is 4.39 Å². The summed E-state index contributed by atoms with van der Waals surface area (Å²) in [5, 5.41) is 14.9. The van der Waals surface area contributed by atoms with Crippen LogP contribution in [-0.4, -0.2) is 31.5 Å². The van der Waals surface area contributed by atoms with E-state index in [1.54, 1.807) is 24.3 Å². The molecule has 34 heavy (non-hydrogen) atoms. The molecule has 1 aromatic heterocycles. The summed E-state index contributed by atoms with van der Waals surface area (Å²) in [5.74, 6) is -1.00. The predicted molar refractivity (Wildman–Crippen MR) is 135 cm³/mol. The van der Waals surface area contributed by atoms with E-state index in [4.69, 9.17) is 5.41 Å². The Morgan fingerprint density at radius 3 is 2.56 bits per heavy atom. The van der Waals surface area contributed by atoms with Crippen molar-refractivity contribution in [2.75, 3.05) is 0 Å². The van der Waals surface area contributed by atoms with E-state index in [-0.39, 0.29) is 16.6 Å². The number of thioether (sulfide) groups is 1. The van der Waals surface area contributed by atoms with Gasteiger partial charge in [0.05, 0.1) is 5.57 Å². The Balaban J connectivity index is 1.50. The van der Waals surface area contributed by atoms with Gasteiger partial charge in [-0.25, -0.2) is 4.39 Å². The van der Waals surface area contributed by atoms with Crippen LogP contribution in [-0.2, 0) is 11.2 Å². The number of hydrazone groups is 1. The van der Waals surface area contributed by atoms with Crippen molar-refractivity contribution >= 4 is 39.8 Å². The van der Waals surface area contributed by atoms with Crippen molar-refractivity contribution in [1.29, 1.82) is 5.41 Å². The monoisotopic (exact) mass is 471 g/mol. The number of aryl methyl sites for hydroxylation is 2. The van der Waals surface area contributed by atoms with Crippen molar-refractivity contribution in [3.63, 3.8) is 0 Å². The number of carbonyl (C=O) groups is 1. The lowest BCUT2D eigenvalue weighted by Gasteiger charge is -2.20.